The summed E-state index contributed by atoms with van der Waals surface area (Å²) in [6.07, 6.45) is 3.70. The number of phenols is 2. The lowest BCUT2D eigenvalue weighted by atomic mass is 10.1. The highest BCUT2D eigenvalue weighted by molar-refractivity contribution is 5.85. The monoisotopic (exact) mass is 414 g/mol. The Hall–Kier alpha value is -4.00. The average molecular weight is 414 g/mol. The number of aliphatic carboxylic acids is 2. The molecule has 0 unspecified atom stereocenters. The molecule has 0 fully saturated rings. The number of carbonyl (C=O) groups is 2. The van der Waals surface area contributed by atoms with Crippen molar-refractivity contribution < 1.29 is 34.8 Å². The Morgan fingerprint density at radius 2 is 1.30 bits per heavy atom. The van der Waals surface area contributed by atoms with Gasteiger partial charge in [0.25, 0.3) is 0 Å². The van der Waals surface area contributed by atoms with Gasteiger partial charge in [0.15, 0.2) is 0 Å². The van der Waals surface area contributed by atoms with Crippen LogP contribution in [-0.2, 0) is 9.59 Å². The van der Waals surface area contributed by atoms with Gasteiger partial charge in [-0.25, -0.2) is 9.59 Å². The maximum absolute atomic E-state index is 9.60. The fraction of sp³-hybridized carbons (Fsp3) is 0.130. The number of hydrogen-bond acceptors (Lipinski definition) is 5. The standard InChI is InChI=1S/C15H14O3.2C4H6O2/c1-18-15-9-12(8-14(17)10-15)6-5-11-3-2-4-13(16)7-11;2*1-3(2)4(5)6/h2-10,16-17H,1H3;2*1H2,2H3,(H,5,6). The van der Waals surface area contributed by atoms with Crippen LogP contribution in [0, 0.1) is 0 Å². The van der Waals surface area contributed by atoms with Gasteiger partial charge in [0.05, 0.1) is 7.11 Å². The van der Waals surface area contributed by atoms with Gasteiger partial charge < -0.3 is 25.2 Å². The summed E-state index contributed by atoms with van der Waals surface area (Å²) in [7, 11) is 1.55. The molecule has 2 aromatic rings. The topological polar surface area (TPSA) is 124 Å². The third-order valence-electron chi connectivity index (χ3n) is 3.22. The van der Waals surface area contributed by atoms with Gasteiger partial charge in [0.2, 0.25) is 0 Å². The zero-order valence-corrected chi connectivity index (χ0v) is 17.1. The van der Waals surface area contributed by atoms with E-state index in [0.29, 0.717) is 5.75 Å². The first-order valence-corrected chi connectivity index (χ1v) is 8.59. The molecule has 160 valence electrons. The normalized spacial score (nSPS) is 9.43. The van der Waals surface area contributed by atoms with Crippen LogP contribution in [0.2, 0.25) is 0 Å². The molecule has 7 heteroatoms. The predicted molar refractivity (Wildman–Crippen MR) is 117 cm³/mol. The molecule has 4 N–H and O–H groups in total. The summed E-state index contributed by atoms with van der Waals surface area (Å²) in [6, 6.07) is 12.0. The molecule has 0 aliphatic rings. The summed E-state index contributed by atoms with van der Waals surface area (Å²) in [5, 5.41) is 34.6. The first kappa shape index (κ1) is 26.0. The minimum absolute atomic E-state index is 0.157. The van der Waals surface area contributed by atoms with E-state index in [1.54, 1.807) is 37.4 Å². The zero-order valence-electron chi connectivity index (χ0n) is 17.1. The van der Waals surface area contributed by atoms with Crippen LogP contribution >= 0.6 is 0 Å². The van der Waals surface area contributed by atoms with Crippen LogP contribution in [0.25, 0.3) is 12.2 Å². The average Bonchev–Trinajstić information content (AvgIpc) is 2.66. The van der Waals surface area contributed by atoms with E-state index >= 15 is 0 Å². The SMILES string of the molecule is C=C(C)C(=O)O.C=C(C)C(=O)O.COc1cc(O)cc(C=Cc2cccc(O)c2)c1. The van der Waals surface area contributed by atoms with Gasteiger partial charge in [-0.3, -0.25) is 0 Å². The molecule has 0 aliphatic heterocycles. The second kappa shape index (κ2) is 13.2. The molecule has 0 saturated heterocycles. The van der Waals surface area contributed by atoms with E-state index in [0.717, 1.165) is 11.1 Å². The molecule has 30 heavy (non-hydrogen) atoms. The molecule has 0 saturated carbocycles. The van der Waals surface area contributed by atoms with Crippen LogP contribution in [0.4, 0.5) is 0 Å². The van der Waals surface area contributed by atoms with Crippen molar-refractivity contribution >= 4 is 24.1 Å². The number of carboxylic acid groups (broad SMARTS) is 2. The highest BCUT2D eigenvalue weighted by atomic mass is 16.5. The first-order chi connectivity index (χ1) is 14.0. The van der Waals surface area contributed by atoms with E-state index in [4.69, 9.17) is 14.9 Å². The number of carboxylic acids is 2. The quantitative estimate of drug-likeness (QED) is 0.417. The molecular weight excluding hydrogens is 388 g/mol. The maximum Gasteiger partial charge on any atom is 0.330 e. The Morgan fingerprint density at radius 3 is 1.73 bits per heavy atom. The molecular formula is C23H26O7. The Bertz CT molecular complexity index is 879. The molecule has 0 aromatic heterocycles. The van der Waals surface area contributed by atoms with Gasteiger partial charge in [-0.05, 0) is 49.2 Å². The van der Waals surface area contributed by atoms with E-state index in [1.807, 2.05) is 24.3 Å². The van der Waals surface area contributed by atoms with Crippen LogP contribution in [-0.4, -0.2) is 39.5 Å². The van der Waals surface area contributed by atoms with E-state index in [1.165, 1.54) is 13.8 Å². The molecule has 2 rings (SSSR count). The van der Waals surface area contributed by atoms with Crippen LogP contribution in [0.5, 0.6) is 17.2 Å². The molecule has 0 radical (unpaired) electrons. The number of phenolic OH excluding ortho intramolecular Hbond substituents is 2. The molecule has 2 aromatic carbocycles. The zero-order chi connectivity index (χ0) is 23.3. The second-order valence-electron chi connectivity index (χ2n) is 6.06. The molecule has 0 atom stereocenters. The van der Waals surface area contributed by atoms with Crippen molar-refractivity contribution in [3.63, 3.8) is 0 Å². The summed E-state index contributed by atoms with van der Waals surface area (Å²) < 4.78 is 5.07. The third kappa shape index (κ3) is 11.7. The van der Waals surface area contributed by atoms with Gasteiger partial charge in [-0.2, -0.15) is 0 Å². The van der Waals surface area contributed by atoms with E-state index in [2.05, 4.69) is 13.2 Å². The summed E-state index contributed by atoms with van der Waals surface area (Å²) in [6.45, 7) is 9.20. The molecule has 0 amide bonds. The number of rotatable bonds is 5. The Kier molecular flexibility index (Phi) is 11.5. The van der Waals surface area contributed by atoms with Crippen molar-refractivity contribution in [2.75, 3.05) is 7.11 Å². The Morgan fingerprint density at radius 1 is 0.833 bits per heavy atom. The highest BCUT2D eigenvalue weighted by Crippen LogP contribution is 2.23. The lowest BCUT2D eigenvalue weighted by Gasteiger charge is -2.02. The van der Waals surface area contributed by atoms with Gasteiger partial charge in [-0.1, -0.05) is 37.4 Å². The van der Waals surface area contributed by atoms with Crippen LogP contribution in [0.3, 0.4) is 0 Å². The summed E-state index contributed by atoms with van der Waals surface area (Å²) >= 11 is 0. The number of methoxy groups -OCH3 is 1. The second-order valence-corrected chi connectivity index (χ2v) is 6.06. The van der Waals surface area contributed by atoms with Gasteiger partial charge in [0, 0.05) is 17.2 Å². The molecule has 0 aliphatic carbocycles. The van der Waals surface area contributed by atoms with Crippen LogP contribution in [0.15, 0.2) is 66.8 Å². The fourth-order valence-electron chi connectivity index (χ4n) is 1.64. The fourth-order valence-corrected chi connectivity index (χ4v) is 1.64. The molecule has 0 bridgehead atoms. The highest BCUT2D eigenvalue weighted by Gasteiger charge is 1.98. The number of aromatic hydroxyl groups is 2. The summed E-state index contributed by atoms with van der Waals surface area (Å²) in [5.74, 6) is -0.883. The van der Waals surface area contributed by atoms with E-state index in [-0.39, 0.29) is 22.6 Å². The maximum atomic E-state index is 9.60. The van der Waals surface area contributed by atoms with Gasteiger partial charge in [-0.15, -0.1) is 0 Å². The lowest BCUT2D eigenvalue weighted by Crippen LogP contribution is -1.92. The van der Waals surface area contributed by atoms with Gasteiger partial charge >= 0.3 is 11.9 Å². The van der Waals surface area contributed by atoms with E-state index < -0.39 is 11.9 Å². The summed E-state index contributed by atoms with van der Waals surface area (Å²) in [4.78, 5) is 19.2. The molecule has 7 nitrogen and oxygen atoms in total. The van der Waals surface area contributed by atoms with Crippen molar-refractivity contribution in [2.45, 2.75) is 13.8 Å². The van der Waals surface area contributed by atoms with E-state index in [9.17, 15) is 19.8 Å². The largest absolute Gasteiger partial charge is 0.508 e. The number of ether oxygens (including phenoxy) is 1. The van der Waals surface area contributed by atoms with Crippen molar-refractivity contribution in [3.8, 4) is 17.2 Å². The molecule has 0 spiro atoms. The third-order valence-corrected chi connectivity index (χ3v) is 3.22. The van der Waals surface area contributed by atoms with Crippen molar-refractivity contribution in [2.24, 2.45) is 0 Å². The smallest absolute Gasteiger partial charge is 0.330 e. The van der Waals surface area contributed by atoms with Crippen LogP contribution in [0.1, 0.15) is 25.0 Å². The number of benzene rings is 2. The Labute approximate surface area is 175 Å². The minimum Gasteiger partial charge on any atom is -0.508 e. The lowest BCUT2D eigenvalue weighted by molar-refractivity contribution is -0.133. The predicted octanol–water partition coefficient (Wildman–Crippen LogP) is 4.57. The minimum atomic E-state index is -0.935. The Balaban J connectivity index is 0.000000580. The van der Waals surface area contributed by atoms with Crippen molar-refractivity contribution in [1.29, 1.82) is 0 Å². The van der Waals surface area contributed by atoms with Crippen molar-refractivity contribution in [1.82, 2.24) is 0 Å². The van der Waals surface area contributed by atoms with Crippen LogP contribution < -0.4 is 4.74 Å². The summed E-state index contributed by atoms with van der Waals surface area (Å²) in [5.41, 5.74) is 2.07. The van der Waals surface area contributed by atoms with Gasteiger partial charge in [0.1, 0.15) is 17.2 Å². The molecule has 0 heterocycles. The first-order valence-electron chi connectivity index (χ1n) is 8.59. The van der Waals surface area contributed by atoms with Crippen molar-refractivity contribution in [3.05, 3.63) is 77.9 Å². The number of hydrogen-bond donors (Lipinski definition) is 4.